The van der Waals surface area contributed by atoms with E-state index in [0.717, 1.165) is 5.52 Å². The zero-order valence-corrected chi connectivity index (χ0v) is 11.9. The zero-order valence-electron chi connectivity index (χ0n) is 10.3. The van der Waals surface area contributed by atoms with Gasteiger partial charge in [-0.25, -0.2) is 8.42 Å². The summed E-state index contributed by atoms with van der Waals surface area (Å²) in [4.78, 5) is 3.20. The Bertz CT molecular complexity index is 857. The second-order valence-corrected chi connectivity index (χ2v) is 6.37. The minimum atomic E-state index is -3.62. The Morgan fingerprint density at radius 1 is 1.00 bits per heavy atom. The van der Waals surface area contributed by atoms with E-state index in [1.54, 1.807) is 48.7 Å². The third-order valence-electron chi connectivity index (χ3n) is 2.96. The smallest absolute Gasteiger partial charge is 0.261 e. The summed E-state index contributed by atoms with van der Waals surface area (Å²) in [7, 11) is -3.62. The first-order valence-corrected chi connectivity index (χ1v) is 7.77. The second kappa shape index (κ2) is 4.85. The van der Waals surface area contributed by atoms with Crippen LogP contribution in [0.5, 0.6) is 0 Å². The number of H-pyrrole nitrogens is 1. The summed E-state index contributed by atoms with van der Waals surface area (Å²) in [6, 6.07) is 13.5. The molecule has 0 amide bonds. The molecule has 0 radical (unpaired) electrons. The number of aromatic amines is 1. The Morgan fingerprint density at radius 3 is 2.50 bits per heavy atom. The van der Waals surface area contributed by atoms with Crippen molar-refractivity contribution in [3.63, 3.8) is 0 Å². The molecule has 2 aromatic carbocycles. The number of hydrogen-bond acceptors (Lipinski definition) is 2. The Morgan fingerprint density at radius 2 is 1.75 bits per heavy atom. The number of anilines is 1. The maximum atomic E-state index is 12.3. The van der Waals surface area contributed by atoms with E-state index in [0.29, 0.717) is 16.1 Å². The standard InChI is InChI=1S/C14H11ClN2O2S/c15-11-9-16-12-7-4-8-13(14(11)12)17-20(18,19)10-5-2-1-3-6-10/h1-9,16-17H. The number of benzene rings is 2. The van der Waals surface area contributed by atoms with Crippen LogP contribution in [-0.4, -0.2) is 13.4 Å². The first-order chi connectivity index (χ1) is 9.58. The topological polar surface area (TPSA) is 62.0 Å². The number of sulfonamides is 1. The molecular formula is C14H11ClN2O2S. The Kier molecular flexibility index (Phi) is 3.16. The Labute approximate surface area is 121 Å². The number of aromatic nitrogens is 1. The van der Waals surface area contributed by atoms with E-state index < -0.39 is 10.0 Å². The predicted octanol–water partition coefficient (Wildman–Crippen LogP) is 3.62. The normalized spacial score (nSPS) is 11.7. The zero-order chi connectivity index (χ0) is 14.2. The summed E-state index contributed by atoms with van der Waals surface area (Å²) in [5, 5.41) is 1.14. The van der Waals surface area contributed by atoms with Crippen LogP contribution in [0.15, 0.2) is 59.6 Å². The summed E-state index contributed by atoms with van der Waals surface area (Å²) in [5.41, 5.74) is 1.24. The molecule has 1 heterocycles. The van der Waals surface area contributed by atoms with Gasteiger partial charge in [0.1, 0.15) is 0 Å². The maximum Gasteiger partial charge on any atom is 0.261 e. The van der Waals surface area contributed by atoms with Crippen LogP contribution in [0, 0.1) is 0 Å². The molecule has 0 atom stereocenters. The van der Waals surface area contributed by atoms with E-state index in [1.807, 2.05) is 6.07 Å². The van der Waals surface area contributed by atoms with Gasteiger partial charge in [-0.05, 0) is 24.3 Å². The highest BCUT2D eigenvalue weighted by atomic mass is 35.5. The molecule has 0 aliphatic rings. The molecular weight excluding hydrogens is 296 g/mol. The maximum absolute atomic E-state index is 12.3. The second-order valence-electron chi connectivity index (χ2n) is 4.28. The van der Waals surface area contributed by atoms with Crippen LogP contribution >= 0.6 is 11.6 Å². The van der Waals surface area contributed by atoms with E-state index >= 15 is 0 Å². The van der Waals surface area contributed by atoms with E-state index in [1.165, 1.54) is 0 Å². The molecule has 0 aliphatic heterocycles. The molecule has 20 heavy (non-hydrogen) atoms. The number of halogens is 1. The van der Waals surface area contributed by atoms with Crippen LogP contribution in [0.2, 0.25) is 5.02 Å². The van der Waals surface area contributed by atoms with Crippen LogP contribution < -0.4 is 4.72 Å². The molecule has 0 spiro atoms. The van der Waals surface area contributed by atoms with Gasteiger partial charge in [0, 0.05) is 17.1 Å². The highest BCUT2D eigenvalue weighted by Gasteiger charge is 2.16. The van der Waals surface area contributed by atoms with Crippen molar-refractivity contribution in [1.82, 2.24) is 4.98 Å². The van der Waals surface area contributed by atoms with Gasteiger partial charge in [0.2, 0.25) is 0 Å². The van der Waals surface area contributed by atoms with Crippen LogP contribution in [0.25, 0.3) is 10.9 Å². The summed E-state index contributed by atoms with van der Waals surface area (Å²) >= 11 is 6.09. The quantitative estimate of drug-likeness (QED) is 0.776. The van der Waals surface area contributed by atoms with Gasteiger partial charge in [0.15, 0.2) is 0 Å². The molecule has 0 bridgehead atoms. The van der Waals surface area contributed by atoms with Gasteiger partial charge in [-0.1, -0.05) is 35.9 Å². The van der Waals surface area contributed by atoms with Crippen LogP contribution in [0.1, 0.15) is 0 Å². The van der Waals surface area contributed by atoms with Gasteiger partial charge in [-0.2, -0.15) is 0 Å². The fourth-order valence-corrected chi connectivity index (χ4v) is 3.38. The molecule has 0 aliphatic carbocycles. The molecule has 0 saturated heterocycles. The molecule has 0 saturated carbocycles. The lowest BCUT2D eigenvalue weighted by atomic mass is 10.2. The van der Waals surface area contributed by atoms with Crippen LogP contribution in [0.4, 0.5) is 5.69 Å². The molecule has 3 rings (SSSR count). The lowest BCUT2D eigenvalue weighted by molar-refractivity contribution is 0.601. The van der Waals surface area contributed by atoms with Crippen molar-refractivity contribution in [2.24, 2.45) is 0 Å². The van der Waals surface area contributed by atoms with Gasteiger partial charge in [0.05, 0.1) is 15.6 Å². The molecule has 6 heteroatoms. The van der Waals surface area contributed by atoms with Crippen molar-refractivity contribution >= 4 is 38.2 Å². The van der Waals surface area contributed by atoms with E-state index in [2.05, 4.69) is 9.71 Å². The van der Waals surface area contributed by atoms with Gasteiger partial charge in [0.25, 0.3) is 10.0 Å². The average molecular weight is 307 g/mol. The van der Waals surface area contributed by atoms with E-state index in [4.69, 9.17) is 11.6 Å². The van der Waals surface area contributed by atoms with Crippen molar-refractivity contribution < 1.29 is 8.42 Å². The molecule has 0 fully saturated rings. The van der Waals surface area contributed by atoms with Crippen molar-refractivity contribution in [2.75, 3.05) is 4.72 Å². The van der Waals surface area contributed by atoms with Gasteiger partial charge < -0.3 is 4.98 Å². The first-order valence-electron chi connectivity index (χ1n) is 5.91. The number of rotatable bonds is 3. The fourth-order valence-electron chi connectivity index (χ4n) is 2.03. The molecule has 0 unspecified atom stereocenters. The minimum absolute atomic E-state index is 0.212. The molecule has 1 aromatic heterocycles. The largest absolute Gasteiger partial charge is 0.360 e. The molecule has 2 N–H and O–H groups in total. The summed E-state index contributed by atoms with van der Waals surface area (Å²) in [5.74, 6) is 0. The van der Waals surface area contributed by atoms with Gasteiger partial charge >= 0.3 is 0 Å². The summed E-state index contributed by atoms with van der Waals surface area (Å²) < 4.78 is 27.2. The summed E-state index contributed by atoms with van der Waals surface area (Å²) in [6.45, 7) is 0. The highest BCUT2D eigenvalue weighted by molar-refractivity contribution is 7.92. The minimum Gasteiger partial charge on any atom is -0.360 e. The Hall–Kier alpha value is -1.98. The predicted molar refractivity (Wildman–Crippen MR) is 80.6 cm³/mol. The summed E-state index contributed by atoms with van der Waals surface area (Å²) in [6.07, 6.45) is 1.63. The first kappa shape index (κ1) is 13.0. The van der Waals surface area contributed by atoms with Gasteiger partial charge in [-0.15, -0.1) is 0 Å². The van der Waals surface area contributed by atoms with E-state index in [9.17, 15) is 8.42 Å². The van der Waals surface area contributed by atoms with Crippen molar-refractivity contribution in [3.8, 4) is 0 Å². The van der Waals surface area contributed by atoms with E-state index in [-0.39, 0.29) is 4.90 Å². The number of hydrogen-bond donors (Lipinski definition) is 2. The SMILES string of the molecule is O=S(=O)(Nc1cccc2[nH]cc(Cl)c12)c1ccccc1. The molecule has 102 valence electrons. The molecule has 4 nitrogen and oxygen atoms in total. The molecule has 3 aromatic rings. The number of fused-ring (bicyclic) bond motifs is 1. The monoisotopic (exact) mass is 306 g/mol. The fraction of sp³-hybridized carbons (Fsp3) is 0. The third-order valence-corrected chi connectivity index (χ3v) is 4.64. The number of nitrogens with one attached hydrogen (secondary N) is 2. The van der Waals surface area contributed by atoms with Crippen molar-refractivity contribution in [2.45, 2.75) is 4.90 Å². The van der Waals surface area contributed by atoms with Crippen molar-refractivity contribution in [3.05, 3.63) is 59.8 Å². The van der Waals surface area contributed by atoms with Crippen LogP contribution in [-0.2, 0) is 10.0 Å². The Balaban J connectivity index is 2.08. The van der Waals surface area contributed by atoms with Gasteiger partial charge in [-0.3, -0.25) is 4.72 Å². The lowest BCUT2D eigenvalue weighted by Crippen LogP contribution is -2.12. The third kappa shape index (κ3) is 2.26. The van der Waals surface area contributed by atoms with Crippen LogP contribution in [0.3, 0.4) is 0 Å². The lowest BCUT2D eigenvalue weighted by Gasteiger charge is -2.09. The van der Waals surface area contributed by atoms with Crippen molar-refractivity contribution in [1.29, 1.82) is 0 Å². The average Bonchev–Trinajstić information content (AvgIpc) is 2.82. The highest BCUT2D eigenvalue weighted by Crippen LogP contribution is 2.31.